The molecule has 2 aromatic rings. The Labute approximate surface area is 171 Å². The summed E-state index contributed by atoms with van der Waals surface area (Å²) in [6.07, 6.45) is -0.0472. The minimum Gasteiger partial charge on any atom is -0.455 e. The first-order valence-corrected chi connectivity index (χ1v) is 9.85. The first kappa shape index (κ1) is 20.4. The van der Waals surface area contributed by atoms with E-state index in [1.54, 1.807) is 35.2 Å². The maximum atomic E-state index is 12.2. The van der Waals surface area contributed by atoms with E-state index in [9.17, 15) is 19.2 Å². The first-order chi connectivity index (χ1) is 14.0. The van der Waals surface area contributed by atoms with Gasteiger partial charge in [0.2, 0.25) is 5.91 Å². The predicted octanol–water partition coefficient (Wildman–Crippen LogP) is 1.52. The van der Waals surface area contributed by atoms with Crippen LogP contribution in [-0.2, 0) is 19.1 Å². The number of esters is 1. The van der Waals surface area contributed by atoms with Crippen molar-refractivity contribution in [3.05, 3.63) is 60.2 Å². The van der Waals surface area contributed by atoms with Gasteiger partial charge in [-0.15, -0.1) is 11.8 Å². The lowest BCUT2D eigenvalue weighted by atomic mass is 10.2. The summed E-state index contributed by atoms with van der Waals surface area (Å²) < 4.78 is 4.91. The van der Waals surface area contributed by atoms with E-state index >= 15 is 0 Å². The van der Waals surface area contributed by atoms with E-state index in [-0.39, 0.29) is 18.9 Å². The van der Waals surface area contributed by atoms with E-state index in [4.69, 9.17) is 4.74 Å². The van der Waals surface area contributed by atoms with Crippen LogP contribution in [0.3, 0.4) is 0 Å². The van der Waals surface area contributed by atoms with Gasteiger partial charge in [-0.05, 0) is 24.3 Å². The summed E-state index contributed by atoms with van der Waals surface area (Å²) in [7, 11) is 0. The molecule has 8 nitrogen and oxygen atoms in total. The fourth-order valence-corrected chi connectivity index (χ4v) is 3.58. The summed E-state index contributed by atoms with van der Waals surface area (Å²) in [6, 6.07) is 15.8. The van der Waals surface area contributed by atoms with Crippen LogP contribution >= 0.6 is 11.8 Å². The monoisotopic (exact) mass is 413 g/mol. The Morgan fingerprint density at radius 3 is 2.52 bits per heavy atom. The van der Waals surface area contributed by atoms with Gasteiger partial charge in [0.15, 0.2) is 6.61 Å². The molecule has 9 heteroatoms. The number of nitrogens with zero attached hydrogens (tertiary/aromatic N) is 1. The van der Waals surface area contributed by atoms with Crippen molar-refractivity contribution in [1.29, 1.82) is 0 Å². The average molecular weight is 413 g/mol. The van der Waals surface area contributed by atoms with Gasteiger partial charge in [-0.3, -0.25) is 30.0 Å². The molecule has 3 amide bonds. The Bertz CT molecular complexity index is 919. The standard InChI is InChI=1S/C20H19N3O5S/c24-17(21-22-20(27)14-6-2-1-3-7-14)12-28-19(26)10-11-23-15-8-4-5-9-16(15)29-13-18(23)25/h1-9H,10-13H2,(H,21,24)(H,22,27). The van der Waals surface area contributed by atoms with Crippen molar-refractivity contribution < 1.29 is 23.9 Å². The molecule has 0 aliphatic carbocycles. The van der Waals surface area contributed by atoms with Crippen LogP contribution in [0.25, 0.3) is 0 Å². The summed E-state index contributed by atoms with van der Waals surface area (Å²) in [5.74, 6) is -1.53. The molecule has 150 valence electrons. The molecule has 0 bridgehead atoms. The normalized spacial score (nSPS) is 12.7. The highest BCUT2D eigenvalue weighted by Gasteiger charge is 2.25. The highest BCUT2D eigenvalue weighted by Crippen LogP contribution is 2.34. The second-order valence-corrected chi connectivity index (χ2v) is 7.10. The summed E-state index contributed by atoms with van der Waals surface area (Å²) in [5, 5.41) is 0. The Kier molecular flexibility index (Phi) is 6.85. The van der Waals surface area contributed by atoms with Gasteiger partial charge in [0.05, 0.1) is 17.9 Å². The third-order valence-electron chi connectivity index (χ3n) is 4.06. The van der Waals surface area contributed by atoms with Gasteiger partial charge in [0.1, 0.15) is 0 Å². The number of anilines is 1. The molecular formula is C20H19N3O5S. The quantitative estimate of drug-likeness (QED) is 0.550. The summed E-state index contributed by atoms with van der Waals surface area (Å²) in [4.78, 5) is 50.2. The minimum absolute atomic E-state index is 0.0472. The van der Waals surface area contributed by atoms with Crippen molar-refractivity contribution in [2.24, 2.45) is 0 Å². The number of carbonyl (C=O) groups excluding carboxylic acids is 4. The third-order valence-corrected chi connectivity index (χ3v) is 5.11. The zero-order valence-electron chi connectivity index (χ0n) is 15.4. The summed E-state index contributed by atoms with van der Waals surface area (Å²) >= 11 is 1.46. The fraction of sp³-hybridized carbons (Fsp3) is 0.200. The molecule has 1 aliphatic rings. The Morgan fingerprint density at radius 1 is 1.00 bits per heavy atom. The van der Waals surface area contributed by atoms with Crippen molar-refractivity contribution in [1.82, 2.24) is 10.9 Å². The fourth-order valence-electron chi connectivity index (χ4n) is 2.64. The molecule has 2 aromatic carbocycles. The molecule has 0 aromatic heterocycles. The zero-order valence-corrected chi connectivity index (χ0v) is 16.2. The third kappa shape index (κ3) is 5.58. The number of thioether (sulfide) groups is 1. The molecule has 29 heavy (non-hydrogen) atoms. The van der Waals surface area contributed by atoms with Gasteiger partial charge in [0, 0.05) is 17.0 Å². The van der Waals surface area contributed by atoms with Crippen molar-refractivity contribution in [3.8, 4) is 0 Å². The van der Waals surface area contributed by atoms with Gasteiger partial charge in [-0.2, -0.15) is 0 Å². The highest BCUT2D eigenvalue weighted by atomic mass is 32.2. The van der Waals surface area contributed by atoms with Crippen LogP contribution in [0.4, 0.5) is 5.69 Å². The van der Waals surface area contributed by atoms with E-state index in [2.05, 4.69) is 10.9 Å². The average Bonchev–Trinajstić information content (AvgIpc) is 2.76. The molecule has 0 saturated carbocycles. The first-order valence-electron chi connectivity index (χ1n) is 8.86. The second kappa shape index (κ2) is 9.74. The zero-order chi connectivity index (χ0) is 20.6. The van der Waals surface area contributed by atoms with Gasteiger partial charge < -0.3 is 9.64 Å². The van der Waals surface area contributed by atoms with Crippen LogP contribution < -0.4 is 15.8 Å². The van der Waals surface area contributed by atoms with E-state index < -0.39 is 24.4 Å². The SMILES string of the molecule is O=C(COC(=O)CCN1C(=O)CSc2ccccc21)NNC(=O)c1ccccc1. The molecule has 0 spiro atoms. The molecule has 2 N–H and O–H groups in total. The van der Waals surface area contributed by atoms with Crippen LogP contribution in [-0.4, -0.2) is 42.6 Å². The second-order valence-electron chi connectivity index (χ2n) is 6.08. The number of benzene rings is 2. The lowest BCUT2D eigenvalue weighted by Gasteiger charge is -2.28. The predicted molar refractivity (Wildman–Crippen MR) is 107 cm³/mol. The molecule has 1 aliphatic heterocycles. The van der Waals surface area contributed by atoms with Crippen LogP contribution in [0.2, 0.25) is 0 Å². The van der Waals surface area contributed by atoms with E-state index in [0.29, 0.717) is 11.3 Å². The lowest BCUT2D eigenvalue weighted by molar-refractivity contribution is -0.148. The highest BCUT2D eigenvalue weighted by molar-refractivity contribution is 8.00. The van der Waals surface area contributed by atoms with Gasteiger partial charge in [0.25, 0.3) is 11.8 Å². The molecular weight excluding hydrogens is 394 g/mol. The van der Waals surface area contributed by atoms with E-state index in [1.165, 1.54) is 11.8 Å². The van der Waals surface area contributed by atoms with Gasteiger partial charge in [-0.1, -0.05) is 30.3 Å². The minimum atomic E-state index is -0.668. The van der Waals surface area contributed by atoms with Crippen molar-refractivity contribution in [3.63, 3.8) is 0 Å². The number of nitrogens with one attached hydrogen (secondary N) is 2. The van der Waals surface area contributed by atoms with E-state index in [1.807, 2.05) is 24.3 Å². The summed E-state index contributed by atoms with van der Waals surface area (Å²) in [5.41, 5.74) is 5.57. The molecule has 0 fully saturated rings. The maximum Gasteiger partial charge on any atom is 0.308 e. The number of para-hydroxylation sites is 1. The number of hydrazine groups is 1. The lowest BCUT2D eigenvalue weighted by Crippen LogP contribution is -2.43. The number of carbonyl (C=O) groups is 4. The van der Waals surface area contributed by atoms with Crippen LogP contribution in [0, 0.1) is 0 Å². The maximum absolute atomic E-state index is 12.2. The number of amides is 3. The summed E-state index contributed by atoms with van der Waals surface area (Å²) in [6.45, 7) is -0.365. The van der Waals surface area contributed by atoms with Crippen LogP contribution in [0.5, 0.6) is 0 Å². The largest absolute Gasteiger partial charge is 0.455 e. The van der Waals surface area contributed by atoms with Crippen LogP contribution in [0.1, 0.15) is 16.8 Å². The smallest absolute Gasteiger partial charge is 0.308 e. The Hall–Kier alpha value is -3.33. The number of hydrogen-bond donors (Lipinski definition) is 2. The van der Waals surface area contributed by atoms with Gasteiger partial charge in [-0.25, -0.2) is 0 Å². The number of fused-ring (bicyclic) bond motifs is 1. The van der Waals surface area contributed by atoms with E-state index in [0.717, 1.165) is 10.6 Å². The van der Waals surface area contributed by atoms with Crippen molar-refractivity contribution in [2.45, 2.75) is 11.3 Å². The Morgan fingerprint density at radius 2 is 1.72 bits per heavy atom. The van der Waals surface area contributed by atoms with Crippen LogP contribution in [0.15, 0.2) is 59.5 Å². The van der Waals surface area contributed by atoms with Gasteiger partial charge >= 0.3 is 5.97 Å². The molecule has 0 radical (unpaired) electrons. The molecule has 0 unspecified atom stereocenters. The topological polar surface area (TPSA) is 105 Å². The Balaban J connectivity index is 1.40. The number of rotatable bonds is 6. The van der Waals surface area contributed by atoms with Crippen molar-refractivity contribution in [2.75, 3.05) is 23.8 Å². The molecule has 0 atom stereocenters. The van der Waals surface area contributed by atoms with Crippen molar-refractivity contribution >= 4 is 41.1 Å². The number of hydrogen-bond acceptors (Lipinski definition) is 6. The molecule has 3 rings (SSSR count). The molecule has 0 saturated heterocycles. The molecule has 1 heterocycles. The number of ether oxygens (including phenoxy) is 1.